The number of amides is 1. The van der Waals surface area contributed by atoms with Gasteiger partial charge >= 0.3 is 0 Å². The van der Waals surface area contributed by atoms with Crippen LogP contribution in [-0.4, -0.2) is 45.2 Å². The van der Waals surface area contributed by atoms with Gasteiger partial charge in [0.15, 0.2) is 11.5 Å². The zero-order chi connectivity index (χ0) is 18.4. The van der Waals surface area contributed by atoms with Gasteiger partial charge in [0.1, 0.15) is 23.7 Å². The molecule has 1 amide bonds. The lowest BCUT2D eigenvalue weighted by atomic mass is 10.1. The number of carbonyl (C=O) groups is 1. The fourth-order valence-corrected chi connectivity index (χ4v) is 3.87. The largest absolute Gasteiger partial charge is 0.491 e. The molecule has 9 nitrogen and oxygen atoms in total. The molecule has 3 N–H and O–H groups in total. The highest BCUT2D eigenvalue weighted by molar-refractivity contribution is 6.04. The van der Waals surface area contributed by atoms with Crippen molar-refractivity contribution in [1.82, 2.24) is 24.9 Å². The summed E-state index contributed by atoms with van der Waals surface area (Å²) in [6.07, 6.45) is 7.40. The molecule has 138 valence electrons. The molecule has 2 aliphatic heterocycles. The van der Waals surface area contributed by atoms with Gasteiger partial charge in [0.2, 0.25) is 0 Å². The van der Waals surface area contributed by atoms with E-state index in [4.69, 9.17) is 15.5 Å². The maximum Gasteiger partial charge on any atom is 0.259 e. The Morgan fingerprint density at radius 3 is 3.19 bits per heavy atom. The van der Waals surface area contributed by atoms with E-state index >= 15 is 0 Å². The van der Waals surface area contributed by atoms with E-state index in [2.05, 4.69) is 20.3 Å². The second-order valence-corrected chi connectivity index (χ2v) is 6.68. The number of carbonyl (C=O) groups excluding carboxylic acids is 1. The molecule has 1 atom stereocenters. The van der Waals surface area contributed by atoms with Gasteiger partial charge in [0, 0.05) is 30.7 Å². The van der Waals surface area contributed by atoms with Gasteiger partial charge in [-0.1, -0.05) is 0 Å². The van der Waals surface area contributed by atoms with Crippen molar-refractivity contribution in [2.45, 2.75) is 18.9 Å². The fourth-order valence-electron chi connectivity index (χ4n) is 3.87. The zero-order valence-electron chi connectivity index (χ0n) is 14.6. The van der Waals surface area contributed by atoms with Gasteiger partial charge in [0.05, 0.1) is 12.6 Å². The van der Waals surface area contributed by atoms with Crippen LogP contribution < -0.4 is 20.7 Å². The molecule has 0 saturated carbocycles. The minimum absolute atomic E-state index is 0.122. The lowest BCUT2D eigenvalue weighted by Gasteiger charge is -2.27. The summed E-state index contributed by atoms with van der Waals surface area (Å²) in [7, 11) is 0. The summed E-state index contributed by atoms with van der Waals surface area (Å²) < 4.78 is 7.49. The topological polar surface area (TPSA) is 111 Å². The normalized spacial score (nSPS) is 19.5. The summed E-state index contributed by atoms with van der Waals surface area (Å²) in [6, 6.07) is 3.89. The van der Waals surface area contributed by atoms with Gasteiger partial charge in [-0.3, -0.25) is 9.78 Å². The number of pyridine rings is 1. The Bertz CT molecular complexity index is 1030. The molecule has 27 heavy (non-hydrogen) atoms. The van der Waals surface area contributed by atoms with Crippen molar-refractivity contribution in [3.05, 3.63) is 41.9 Å². The summed E-state index contributed by atoms with van der Waals surface area (Å²) >= 11 is 0. The highest BCUT2D eigenvalue weighted by Crippen LogP contribution is 2.39. The molecule has 3 aromatic rings. The second kappa shape index (κ2) is 6.11. The van der Waals surface area contributed by atoms with E-state index in [1.807, 2.05) is 18.3 Å². The molecular weight excluding hydrogens is 346 g/mol. The first-order chi connectivity index (χ1) is 13.2. The lowest BCUT2D eigenvalue weighted by Crippen LogP contribution is -2.28. The number of nitrogen functional groups attached to an aromatic ring is 1. The van der Waals surface area contributed by atoms with Gasteiger partial charge in [0.25, 0.3) is 5.91 Å². The minimum atomic E-state index is -0.303. The number of ether oxygens (including phenoxy) is 1. The highest BCUT2D eigenvalue weighted by Gasteiger charge is 2.31. The standard InChI is InChI=1S/C18H19N7O2/c19-16-15-17-22-14(4-8-25(17)23-16)24-7-1-2-12(24)11-10-20-5-3-13(11)27-9-6-21-18(15)26/h3-5,8,10,12H,1-2,6-7,9H2,(H2,19,23)(H,21,26). The molecule has 5 rings (SSSR count). The Hall–Kier alpha value is -3.36. The second-order valence-electron chi connectivity index (χ2n) is 6.68. The summed E-state index contributed by atoms with van der Waals surface area (Å²) in [4.78, 5) is 23.9. The number of nitrogens with zero attached hydrogens (tertiary/aromatic N) is 5. The van der Waals surface area contributed by atoms with E-state index in [-0.39, 0.29) is 17.8 Å². The van der Waals surface area contributed by atoms with E-state index in [9.17, 15) is 4.79 Å². The molecule has 0 spiro atoms. The first kappa shape index (κ1) is 15.9. The summed E-state index contributed by atoms with van der Waals surface area (Å²) in [5, 5.41) is 7.04. The van der Waals surface area contributed by atoms with Crippen LogP contribution in [-0.2, 0) is 0 Å². The van der Waals surface area contributed by atoms with Crippen molar-refractivity contribution < 1.29 is 9.53 Å². The fraction of sp³-hybridized carbons (Fsp3) is 0.333. The highest BCUT2D eigenvalue weighted by atomic mass is 16.5. The van der Waals surface area contributed by atoms with Crippen molar-refractivity contribution in [3.63, 3.8) is 0 Å². The van der Waals surface area contributed by atoms with Gasteiger partial charge < -0.3 is 20.7 Å². The molecule has 0 aromatic carbocycles. The third-order valence-corrected chi connectivity index (χ3v) is 5.09. The third kappa shape index (κ3) is 2.54. The summed E-state index contributed by atoms with van der Waals surface area (Å²) in [6.45, 7) is 1.57. The molecule has 5 heterocycles. The molecule has 2 aliphatic rings. The summed E-state index contributed by atoms with van der Waals surface area (Å²) in [5.41, 5.74) is 7.78. The van der Waals surface area contributed by atoms with Crippen LogP contribution in [0.25, 0.3) is 5.65 Å². The van der Waals surface area contributed by atoms with E-state index in [0.717, 1.165) is 36.5 Å². The molecular formula is C18H19N7O2. The van der Waals surface area contributed by atoms with Crippen molar-refractivity contribution in [2.24, 2.45) is 0 Å². The molecule has 1 fully saturated rings. The molecule has 1 unspecified atom stereocenters. The molecule has 0 radical (unpaired) electrons. The number of hydrogen-bond donors (Lipinski definition) is 2. The van der Waals surface area contributed by atoms with Crippen LogP contribution in [0.3, 0.4) is 0 Å². The van der Waals surface area contributed by atoms with Gasteiger partial charge in [-0.25, -0.2) is 9.50 Å². The van der Waals surface area contributed by atoms with Crippen LogP contribution in [0.4, 0.5) is 11.6 Å². The van der Waals surface area contributed by atoms with Crippen LogP contribution in [0.5, 0.6) is 5.75 Å². The SMILES string of the molecule is Nc1nn2ccc3nc2c1C(=O)NCCOc1ccncc1C1CCCN31. The Kier molecular flexibility index (Phi) is 3.59. The number of aromatic nitrogens is 4. The number of nitrogens with two attached hydrogens (primary N) is 1. The van der Waals surface area contributed by atoms with Gasteiger partial charge in [-0.15, -0.1) is 5.10 Å². The van der Waals surface area contributed by atoms with Crippen LogP contribution in [0.15, 0.2) is 30.7 Å². The van der Waals surface area contributed by atoms with Crippen LogP contribution in [0.1, 0.15) is 34.8 Å². The molecule has 1 saturated heterocycles. The zero-order valence-corrected chi connectivity index (χ0v) is 14.6. The quantitative estimate of drug-likeness (QED) is 0.615. The van der Waals surface area contributed by atoms with Crippen molar-refractivity contribution >= 4 is 23.2 Å². The molecule has 3 aromatic heterocycles. The maximum absolute atomic E-state index is 12.6. The van der Waals surface area contributed by atoms with E-state index in [0.29, 0.717) is 24.4 Å². The maximum atomic E-state index is 12.6. The van der Waals surface area contributed by atoms with Crippen molar-refractivity contribution in [3.8, 4) is 5.75 Å². The Labute approximate surface area is 155 Å². The van der Waals surface area contributed by atoms with Crippen molar-refractivity contribution in [2.75, 3.05) is 30.3 Å². The Morgan fingerprint density at radius 2 is 2.26 bits per heavy atom. The number of hydrogen-bond acceptors (Lipinski definition) is 7. The van der Waals surface area contributed by atoms with Crippen LogP contribution in [0.2, 0.25) is 0 Å². The molecule has 2 bridgehead atoms. The number of nitrogens with one attached hydrogen (secondary N) is 1. The van der Waals surface area contributed by atoms with Crippen LogP contribution in [0, 0.1) is 0 Å². The number of fused-ring (bicyclic) bond motifs is 5. The van der Waals surface area contributed by atoms with E-state index < -0.39 is 0 Å². The Balaban J connectivity index is 1.69. The third-order valence-electron chi connectivity index (χ3n) is 5.09. The molecule has 9 heteroatoms. The first-order valence-electron chi connectivity index (χ1n) is 8.99. The van der Waals surface area contributed by atoms with E-state index in [1.165, 1.54) is 0 Å². The predicted molar refractivity (Wildman–Crippen MR) is 98.8 cm³/mol. The monoisotopic (exact) mass is 365 g/mol. The van der Waals surface area contributed by atoms with Gasteiger partial charge in [-0.2, -0.15) is 0 Å². The Morgan fingerprint density at radius 1 is 1.33 bits per heavy atom. The predicted octanol–water partition coefficient (Wildman–Crippen LogP) is 1.17. The minimum Gasteiger partial charge on any atom is -0.491 e. The molecule has 0 aliphatic carbocycles. The van der Waals surface area contributed by atoms with E-state index in [1.54, 1.807) is 16.9 Å². The summed E-state index contributed by atoms with van der Waals surface area (Å²) in [5.74, 6) is 1.44. The number of anilines is 2. The van der Waals surface area contributed by atoms with Crippen molar-refractivity contribution in [1.29, 1.82) is 0 Å². The van der Waals surface area contributed by atoms with Gasteiger partial charge in [-0.05, 0) is 25.0 Å². The lowest BCUT2D eigenvalue weighted by molar-refractivity contribution is 0.0949. The smallest absolute Gasteiger partial charge is 0.259 e. The average Bonchev–Trinajstić information content (AvgIpc) is 3.28. The average molecular weight is 365 g/mol. The van der Waals surface area contributed by atoms with Crippen LogP contribution >= 0.6 is 0 Å². The first-order valence-corrected chi connectivity index (χ1v) is 8.99. The number of rotatable bonds is 0.